The van der Waals surface area contributed by atoms with E-state index in [4.69, 9.17) is 0 Å². The molecule has 12 heavy (non-hydrogen) atoms. The Morgan fingerprint density at radius 2 is 2.00 bits per heavy atom. The Bertz CT molecular complexity index is 314. The summed E-state index contributed by atoms with van der Waals surface area (Å²) >= 11 is 0. The summed E-state index contributed by atoms with van der Waals surface area (Å²) in [7, 11) is -3.48. The maximum absolute atomic E-state index is 11.0. The first kappa shape index (κ1) is 10.9. The van der Waals surface area contributed by atoms with Crippen molar-refractivity contribution in [2.24, 2.45) is 0 Å². The second-order valence-electron chi connectivity index (χ2n) is 2.15. The van der Waals surface area contributed by atoms with Crippen LogP contribution >= 0.6 is 0 Å². The Labute approximate surface area is 72.0 Å². The molecule has 1 N–H and O–H groups in total. The highest BCUT2D eigenvalue weighted by molar-refractivity contribution is 7.89. The molecular weight excluding hydrogens is 178 g/mol. The Hall–Kier alpha value is -1.10. The van der Waals surface area contributed by atoms with Crippen LogP contribution in [0, 0.1) is 0 Å². The normalized spacial score (nSPS) is 12.3. The monoisotopic (exact) mass is 189 g/mol. The molecule has 0 fully saturated rings. The van der Waals surface area contributed by atoms with Gasteiger partial charge >= 0.3 is 0 Å². The summed E-state index contributed by atoms with van der Waals surface area (Å²) in [5.74, 6) is -0.657. The molecule has 0 aliphatic rings. The molecule has 0 rings (SSSR count). The van der Waals surface area contributed by atoms with E-state index in [1.807, 2.05) is 4.72 Å². The Kier molecular flexibility index (Phi) is 3.69. The molecule has 0 spiro atoms. The van der Waals surface area contributed by atoms with Crippen LogP contribution in [0.1, 0.15) is 6.92 Å². The van der Waals surface area contributed by atoms with E-state index in [2.05, 4.69) is 6.58 Å². The van der Waals surface area contributed by atoms with Gasteiger partial charge in [0.25, 0.3) is 5.91 Å². The number of carbonyl (C=O) groups is 1. The van der Waals surface area contributed by atoms with E-state index in [1.165, 1.54) is 12.2 Å². The summed E-state index contributed by atoms with van der Waals surface area (Å²) < 4.78 is 23.0. The number of hydrogen-bond donors (Lipinski definition) is 1. The highest BCUT2D eigenvalue weighted by Gasteiger charge is 2.09. The molecule has 0 aliphatic carbocycles. The predicted octanol–water partition coefficient (Wildman–Crippen LogP) is 0.194. The minimum absolute atomic E-state index is 0.237. The fourth-order valence-electron chi connectivity index (χ4n) is 0.569. The summed E-state index contributed by atoms with van der Waals surface area (Å²) in [4.78, 5) is 11.0. The van der Waals surface area contributed by atoms with Crippen LogP contribution in [-0.2, 0) is 14.8 Å². The van der Waals surface area contributed by atoms with Gasteiger partial charge in [0.1, 0.15) is 0 Å². The van der Waals surface area contributed by atoms with Crippen molar-refractivity contribution in [3.8, 4) is 0 Å². The number of hydrogen-bond acceptors (Lipinski definition) is 3. The number of allylic oxidation sites excluding steroid dienone is 1. The van der Waals surface area contributed by atoms with E-state index in [-0.39, 0.29) is 5.57 Å². The molecule has 4 nitrogen and oxygen atoms in total. The molecule has 0 heterocycles. The second-order valence-corrected chi connectivity index (χ2v) is 3.90. The van der Waals surface area contributed by atoms with E-state index in [0.717, 1.165) is 6.26 Å². The van der Waals surface area contributed by atoms with Gasteiger partial charge in [-0.25, -0.2) is 13.1 Å². The lowest BCUT2D eigenvalue weighted by molar-refractivity contribution is -0.115. The molecule has 0 unspecified atom stereocenters. The summed E-state index contributed by atoms with van der Waals surface area (Å²) in [5.41, 5.74) is 0.237. The third-order valence-corrected chi connectivity index (χ3v) is 1.63. The van der Waals surface area contributed by atoms with Gasteiger partial charge in [-0.05, 0) is 6.92 Å². The fraction of sp³-hybridized carbons (Fsp3) is 0.286. The van der Waals surface area contributed by atoms with Crippen molar-refractivity contribution in [3.63, 3.8) is 0 Å². The largest absolute Gasteiger partial charge is 0.268 e. The summed E-state index contributed by atoms with van der Waals surface area (Å²) in [6.07, 6.45) is 3.69. The molecule has 0 aromatic carbocycles. The smallest absolute Gasteiger partial charge is 0.264 e. The van der Waals surface area contributed by atoms with Crippen LogP contribution in [0.2, 0.25) is 0 Å². The molecule has 0 aromatic heterocycles. The summed E-state index contributed by atoms with van der Waals surface area (Å²) in [5, 5.41) is 0. The molecule has 0 aromatic rings. The average molecular weight is 189 g/mol. The quantitative estimate of drug-likeness (QED) is 0.509. The number of amides is 1. The van der Waals surface area contributed by atoms with Crippen LogP contribution in [0.15, 0.2) is 24.3 Å². The molecule has 0 aliphatic heterocycles. The standard InChI is InChI=1S/C7H11NO3S/c1-4-6(5-2)7(9)8-12(3,10)11/h4-5H,1H2,2-3H3,(H,8,9)/b6-5-. The maximum Gasteiger partial charge on any atom is 0.264 e. The molecule has 5 heteroatoms. The molecule has 1 amide bonds. The first-order valence-electron chi connectivity index (χ1n) is 3.21. The first-order valence-corrected chi connectivity index (χ1v) is 5.10. The van der Waals surface area contributed by atoms with Crippen LogP contribution in [0.3, 0.4) is 0 Å². The molecule has 0 saturated carbocycles. The van der Waals surface area contributed by atoms with Gasteiger partial charge < -0.3 is 0 Å². The lowest BCUT2D eigenvalue weighted by atomic mass is 10.2. The van der Waals surface area contributed by atoms with Crippen LogP contribution < -0.4 is 4.72 Å². The van der Waals surface area contributed by atoms with E-state index in [0.29, 0.717) is 0 Å². The van der Waals surface area contributed by atoms with Crippen molar-refractivity contribution in [2.75, 3.05) is 6.26 Å². The van der Waals surface area contributed by atoms with E-state index >= 15 is 0 Å². The second kappa shape index (κ2) is 4.06. The zero-order valence-corrected chi connectivity index (χ0v) is 7.81. The van der Waals surface area contributed by atoms with Crippen molar-refractivity contribution >= 4 is 15.9 Å². The van der Waals surface area contributed by atoms with E-state index in [9.17, 15) is 13.2 Å². The van der Waals surface area contributed by atoms with Crippen molar-refractivity contribution < 1.29 is 13.2 Å². The highest BCUT2D eigenvalue weighted by atomic mass is 32.2. The SMILES string of the molecule is C=C/C(=C/C)C(=O)NS(C)(=O)=O. The fourth-order valence-corrected chi connectivity index (χ4v) is 1.02. The molecule has 0 bridgehead atoms. The van der Waals surface area contributed by atoms with Gasteiger partial charge in [0, 0.05) is 5.57 Å². The van der Waals surface area contributed by atoms with Crippen molar-refractivity contribution in [1.29, 1.82) is 0 Å². The topological polar surface area (TPSA) is 63.2 Å². The van der Waals surface area contributed by atoms with E-state index in [1.54, 1.807) is 6.92 Å². The summed E-state index contributed by atoms with van der Waals surface area (Å²) in [6.45, 7) is 4.98. The maximum atomic E-state index is 11.0. The molecule has 0 radical (unpaired) electrons. The lowest BCUT2D eigenvalue weighted by Crippen LogP contribution is -2.30. The average Bonchev–Trinajstić information content (AvgIpc) is 1.85. The van der Waals surface area contributed by atoms with E-state index < -0.39 is 15.9 Å². The van der Waals surface area contributed by atoms with Crippen molar-refractivity contribution in [1.82, 2.24) is 4.72 Å². The van der Waals surface area contributed by atoms with Gasteiger partial charge in [0.15, 0.2) is 0 Å². The van der Waals surface area contributed by atoms with Crippen LogP contribution in [0.25, 0.3) is 0 Å². The first-order chi connectivity index (χ1) is 5.40. The number of carbonyl (C=O) groups excluding carboxylic acids is 1. The zero-order valence-electron chi connectivity index (χ0n) is 6.99. The lowest BCUT2D eigenvalue weighted by Gasteiger charge is -2.01. The van der Waals surface area contributed by atoms with Gasteiger partial charge in [-0.3, -0.25) is 4.79 Å². The minimum atomic E-state index is -3.48. The third kappa shape index (κ3) is 3.92. The number of rotatable bonds is 3. The van der Waals surface area contributed by atoms with Crippen LogP contribution in [-0.4, -0.2) is 20.6 Å². The summed E-state index contributed by atoms with van der Waals surface area (Å²) in [6, 6.07) is 0. The van der Waals surface area contributed by atoms with Crippen molar-refractivity contribution in [3.05, 3.63) is 24.3 Å². The number of sulfonamides is 1. The minimum Gasteiger partial charge on any atom is -0.268 e. The van der Waals surface area contributed by atoms with Crippen LogP contribution in [0.4, 0.5) is 0 Å². The predicted molar refractivity (Wildman–Crippen MR) is 46.9 cm³/mol. The highest BCUT2D eigenvalue weighted by Crippen LogP contribution is 1.95. The van der Waals surface area contributed by atoms with Gasteiger partial charge in [-0.2, -0.15) is 0 Å². The Morgan fingerprint density at radius 1 is 1.50 bits per heavy atom. The van der Waals surface area contributed by atoms with Crippen molar-refractivity contribution in [2.45, 2.75) is 6.92 Å². The molecule has 68 valence electrons. The molecule has 0 saturated heterocycles. The van der Waals surface area contributed by atoms with Gasteiger partial charge in [0.2, 0.25) is 10.0 Å². The van der Waals surface area contributed by atoms with Gasteiger partial charge in [-0.15, -0.1) is 0 Å². The molecule has 0 atom stereocenters. The molecular formula is C7H11NO3S. The van der Waals surface area contributed by atoms with Crippen LogP contribution in [0.5, 0.6) is 0 Å². The van der Waals surface area contributed by atoms with Gasteiger partial charge in [-0.1, -0.05) is 18.7 Å². The third-order valence-electron chi connectivity index (χ3n) is 1.07. The zero-order chi connectivity index (χ0) is 9.78. The Balaban J connectivity index is 4.54. The van der Waals surface area contributed by atoms with Gasteiger partial charge in [0.05, 0.1) is 6.26 Å². The Morgan fingerprint density at radius 3 is 2.25 bits per heavy atom. The number of nitrogens with one attached hydrogen (secondary N) is 1.